The molecule has 0 unspecified atom stereocenters. The van der Waals surface area contributed by atoms with Crippen LogP contribution in [-0.2, 0) is 18.3 Å². The van der Waals surface area contributed by atoms with Gasteiger partial charge in [0.15, 0.2) is 0 Å². The molecule has 1 aliphatic heterocycles. The molecule has 1 fully saturated rings. The predicted octanol–water partition coefficient (Wildman–Crippen LogP) is 2.46. The average Bonchev–Trinajstić information content (AvgIpc) is 3.25. The molecule has 1 aromatic carbocycles. The monoisotopic (exact) mass is 395 g/mol. The number of nitrogens with zero attached hydrogens (tertiary/aromatic N) is 4. The first kappa shape index (κ1) is 19.2. The highest BCUT2D eigenvalue weighted by atomic mass is 16.5. The van der Waals surface area contributed by atoms with E-state index >= 15 is 0 Å². The van der Waals surface area contributed by atoms with Crippen molar-refractivity contribution in [3.63, 3.8) is 0 Å². The highest BCUT2D eigenvalue weighted by Crippen LogP contribution is 2.36. The molecule has 0 aliphatic carbocycles. The van der Waals surface area contributed by atoms with Crippen LogP contribution in [0.4, 0.5) is 5.82 Å². The molecule has 8 nitrogen and oxygen atoms in total. The van der Waals surface area contributed by atoms with Crippen LogP contribution in [0.2, 0.25) is 0 Å². The van der Waals surface area contributed by atoms with Crippen molar-refractivity contribution >= 4 is 11.7 Å². The van der Waals surface area contributed by atoms with Gasteiger partial charge in [0, 0.05) is 26.7 Å². The normalized spacial score (nSPS) is 14.2. The van der Waals surface area contributed by atoms with E-state index < -0.39 is 0 Å². The van der Waals surface area contributed by atoms with Crippen molar-refractivity contribution in [1.82, 2.24) is 20.3 Å². The fourth-order valence-corrected chi connectivity index (χ4v) is 3.74. The molecule has 1 amide bonds. The first-order valence-corrected chi connectivity index (χ1v) is 9.71. The number of benzene rings is 1. The molecule has 2 aromatic heterocycles. The molecule has 3 aromatic rings. The molecule has 4 rings (SSSR count). The number of rotatable bonds is 5. The summed E-state index contributed by atoms with van der Waals surface area (Å²) in [5.74, 6) is 1.21. The third kappa shape index (κ3) is 3.75. The maximum Gasteiger partial charge on any atom is 0.257 e. The molecule has 0 bridgehead atoms. The zero-order chi connectivity index (χ0) is 20.4. The van der Waals surface area contributed by atoms with Crippen molar-refractivity contribution in [3.8, 4) is 11.3 Å². The number of morpholine rings is 1. The van der Waals surface area contributed by atoms with E-state index in [9.17, 15) is 4.79 Å². The van der Waals surface area contributed by atoms with Crippen LogP contribution in [0.1, 0.15) is 27.4 Å². The Morgan fingerprint density at radius 3 is 2.62 bits per heavy atom. The van der Waals surface area contributed by atoms with E-state index in [4.69, 9.17) is 9.26 Å². The molecule has 1 aliphatic rings. The summed E-state index contributed by atoms with van der Waals surface area (Å²) in [6, 6.07) is 9.80. The fourth-order valence-electron chi connectivity index (χ4n) is 3.74. The minimum atomic E-state index is -0.209. The van der Waals surface area contributed by atoms with E-state index in [0.29, 0.717) is 36.8 Å². The largest absolute Gasteiger partial charge is 0.378 e. The molecular weight excluding hydrogens is 370 g/mol. The van der Waals surface area contributed by atoms with E-state index in [0.717, 1.165) is 35.7 Å². The maximum atomic E-state index is 13.0. The molecule has 29 heavy (non-hydrogen) atoms. The van der Waals surface area contributed by atoms with Gasteiger partial charge < -0.3 is 19.5 Å². The topological polar surface area (TPSA) is 85.4 Å². The highest BCUT2D eigenvalue weighted by Gasteiger charge is 2.29. The van der Waals surface area contributed by atoms with Gasteiger partial charge in [-0.3, -0.25) is 9.48 Å². The van der Waals surface area contributed by atoms with Crippen molar-refractivity contribution in [2.24, 2.45) is 7.05 Å². The molecule has 1 N–H and O–H groups in total. The Morgan fingerprint density at radius 1 is 1.17 bits per heavy atom. The van der Waals surface area contributed by atoms with Crippen LogP contribution in [0.5, 0.6) is 0 Å². The van der Waals surface area contributed by atoms with E-state index in [2.05, 4.69) is 20.5 Å². The Labute approximate surface area is 169 Å². The molecule has 0 spiro atoms. The SMILES string of the molecule is Cc1nn(C)c(N2CCOCC2)c1-c1noc(C)c1C(=O)NCc1ccccc1. The number of ether oxygens (including phenoxy) is 1. The van der Waals surface area contributed by atoms with Gasteiger partial charge in [0.2, 0.25) is 0 Å². The quantitative estimate of drug-likeness (QED) is 0.714. The maximum absolute atomic E-state index is 13.0. The van der Waals surface area contributed by atoms with E-state index in [-0.39, 0.29) is 5.91 Å². The number of carbonyl (C=O) groups is 1. The zero-order valence-corrected chi connectivity index (χ0v) is 16.9. The second-order valence-electron chi connectivity index (χ2n) is 7.14. The molecule has 0 atom stereocenters. The van der Waals surface area contributed by atoms with Crippen molar-refractivity contribution in [2.45, 2.75) is 20.4 Å². The van der Waals surface area contributed by atoms with Crippen molar-refractivity contribution in [2.75, 3.05) is 31.2 Å². The molecule has 0 radical (unpaired) electrons. The van der Waals surface area contributed by atoms with Gasteiger partial charge in [0.1, 0.15) is 22.8 Å². The van der Waals surface area contributed by atoms with Gasteiger partial charge in [0.05, 0.1) is 24.5 Å². The lowest BCUT2D eigenvalue weighted by Crippen LogP contribution is -2.37. The van der Waals surface area contributed by atoms with Crippen molar-refractivity contribution < 1.29 is 14.1 Å². The first-order chi connectivity index (χ1) is 14.1. The van der Waals surface area contributed by atoms with Crippen molar-refractivity contribution in [3.05, 3.63) is 52.9 Å². The van der Waals surface area contributed by atoms with Gasteiger partial charge in [-0.25, -0.2) is 0 Å². The van der Waals surface area contributed by atoms with Gasteiger partial charge in [-0.15, -0.1) is 0 Å². The third-order valence-electron chi connectivity index (χ3n) is 5.13. The smallest absolute Gasteiger partial charge is 0.257 e. The van der Waals surface area contributed by atoms with Gasteiger partial charge in [0.25, 0.3) is 5.91 Å². The van der Waals surface area contributed by atoms with Crippen LogP contribution in [0.3, 0.4) is 0 Å². The minimum Gasteiger partial charge on any atom is -0.378 e. The fraction of sp³-hybridized carbons (Fsp3) is 0.381. The molecule has 1 saturated heterocycles. The number of anilines is 1. The van der Waals surface area contributed by atoms with Gasteiger partial charge in [-0.05, 0) is 19.4 Å². The van der Waals surface area contributed by atoms with Crippen molar-refractivity contribution in [1.29, 1.82) is 0 Å². The Kier molecular flexibility index (Phi) is 5.35. The zero-order valence-electron chi connectivity index (χ0n) is 16.9. The predicted molar refractivity (Wildman–Crippen MR) is 109 cm³/mol. The molecule has 152 valence electrons. The number of aryl methyl sites for hydroxylation is 3. The Hall–Kier alpha value is -3.13. The van der Waals surface area contributed by atoms with E-state index in [1.165, 1.54) is 0 Å². The molecule has 0 saturated carbocycles. The number of nitrogens with one attached hydrogen (secondary N) is 1. The summed E-state index contributed by atoms with van der Waals surface area (Å²) in [4.78, 5) is 15.2. The third-order valence-corrected chi connectivity index (χ3v) is 5.13. The Balaban J connectivity index is 1.68. The molecular formula is C21H25N5O3. The second-order valence-corrected chi connectivity index (χ2v) is 7.14. The summed E-state index contributed by atoms with van der Waals surface area (Å²) in [7, 11) is 1.91. The molecule has 8 heteroatoms. The Morgan fingerprint density at radius 2 is 1.90 bits per heavy atom. The number of aromatic nitrogens is 3. The number of hydrogen-bond acceptors (Lipinski definition) is 6. The summed E-state index contributed by atoms with van der Waals surface area (Å²) in [6.45, 7) is 6.96. The van der Waals surface area contributed by atoms with E-state index in [1.807, 2.05) is 49.0 Å². The minimum absolute atomic E-state index is 0.209. The number of carbonyl (C=O) groups excluding carboxylic acids is 1. The van der Waals surface area contributed by atoms with Crippen LogP contribution in [-0.4, -0.2) is 47.1 Å². The standard InChI is InChI=1S/C21H25N5O3/c1-14-17(21(25(3)23-14)26-9-11-28-12-10-26)19-18(15(2)29-24-19)20(27)22-13-16-7-5-4-6-8-16/h4-8H,9-13H2,1-3H3,(H,22,27). The summed E-state index contributed by atoms with van der Waals surface area (Å²) < 4.78 is 12.8. The lowest BCUT2D eigenvalue weighted by atomic mass is 10.0. The number of hydrogen-bond donors (Lipinski definition) is 1. The second kappa shape index (κ2) is 8.08. The van der Waals surface area contributed by atoms with Crippen LogP contribution in [0, 0.1) is 13.8 Å². The van der Waals surface area contributed by atoms with Crippen LogP contribution < -0.4 is 10.2 Å². The Bertz CT molecular complexity index is 1000. The van der Waals surface area contributed by atoms with Crippen LogP contribution >= 0.6 is 0 Å². The summed E-state index contributed by atoms with van der Waals surface area (Å²) in [5, 5.41) is 11.8. The summed E-state index contributed by atoms with van der Waals surface area (Å²) in [5.41, 5.74) is 3.64. The van der Waals surface area contributed by atoms with Crippen LogP contribution in [0.15, 0.2) is 34.9 Å². The molecule has 3 heterocycles. The average molecular weight is 395 g/mol. The van der Waals surface area contributed by atoms with Gasteiger partial charge >= 0.3 is 0 Å². The first-order valence-electron chi connectivity index (χ1n) is 9.71. The lowest BCUT2D eigenvalue weighted by molar-refractivity contribution is 0.0950. The van der Waals surface area contributed by atoms with Gasteiger partial charge in [-0.1, -0.05) is 35.5 Å². The summed E-state index contributed by atoms with van der Waals surface area (Å²) >= 11 is 0. The number of amides is 1. The highest BCUT2D eigenvalue weighted by molar-refractivity contribution is 6.02. The van der Waals surface area contributed by atoms with E-state index in [1.54, 1.807) is 6.92 Å². The van der Waals surface area contributed by atoms with Crippen LogP contribution in [0.25, 0.3) is 11.3 Å². The summed E-state index contributed by atoms with van der Waals surface area (Å²) in [6.07, 6.45) is 0. The lowest BCUT2D eigenvalue weighted by Gasteiger charge is -2.29. The van der Waals surface area contributed by atoms with Gasteiger partial charge in [-0.2, -0.15) is 5.10 Å².